The van der Waals surface area contributed by atoms with E-state index in [1.165, 1.54) is 16.3 Å². The number of nitrogens with zero attached hydrogens (tertiary/aromatic N) is 1. The smallest absolute Gasteiger partial charge is 0.166 e. The molecule has 1 heterocycles. The van der Waals surface area contributed by atoms with Gasteiger partial charge in [0.1, 0.15) is 0 Å². The highest BCUT2D eigenvalue weighted by molar-refractivity contribution is 7.98. The molecular weight excluding hydrogens is 312 g/mol. The van der Waals surface area contributed by atoms with Gasteiger partial charge in [0, 0.05) is 10.8 Å². The molecule has 1 N–H and O–H groups in total. The van der Waals surface area contributed by atoms with Crippen molar-refractivity contribution < 1.29 is 0 Å². The zero-order chi connectivity index (χ0) is 14.9. The first-order valence-electron chi connectivity index (χ1n) is 7.04. The van der Waals surface area contributed by atoms with E-state index in [-0.39, 0.29) is 0 Å². The summed E-state index contributed by atoms with van der Waals surface area (Å²) in [5, 5.41) is 4.19. The number of H-pyrrole nitrogens is 1. The topological polar surface area (TPSA) is 28.7 Å². The molecule has 4 rings (SSSR count). The predicted molar refractivity (Wildman–Crippen MR) is 94.6 cm³/mol. The zero-order valence-corrected chi connectivity index (χ0v) is 13.3. The molecule has 4 heteroatoms. The van der Waals surface area contributed by atoms with Crippen molar-refractivity contribution in [2.75, 3.05) is 0 Å². The van der Waals surface area contributed by atoms with Crippen molar-refractivity contribution in [2.24, 2.45) is 0 Å². The number of hydrogen-bond acceptors (Lipinski definition) is 2. The lowest BCUT2D eigenvalue weighted by molar-refractivity contribution is 1.08. The van der Waals surface area contributed by atoms with E-state index in [1.54, 1.807) is 11.8 Å². The van der Waals surface area contributed by atoms with Crippen LogP contribution in [0.25, 0.3) is 21.8 Å². The highest BCUT2D eigenvalue weighted by Crippen LogP contribution is 2.26. The molecule has 0 fully saturated rings. The Bertz CT molecular complexity index is 962. The minimum atomic E-state index is 0.724. The molecule has 0 aliphatic heterocycles. The number of aromatic amines is 1. The van der Waals surface area contributed by atoms with Gasteiger partial charge >= 0.3 is 0 Å². The van der Waals surface area contributed by atoms with Crippen LogP contribution in [-0.2, 0) is 5.75 Å². The summed E-state index contributed by atoms with van der Waals surface area (Å²) < 4.78 is 0. The molecule has 0 aliphatic carbocycles. The normalized spacial score (nSPS) is 11.3. The van der Waals surface area contributed by atoms with Crippen LogP contribution in [0.1, 0.15) is 5.56 Å². The highest BCUT2D eigenvalue weighted by Gasteiger charge is 2.05. The number of benzene rings is 3. The Kier molecular flexibility index (Phi) is 3.53. The standard InChI is InChI=1S/C18H13ClN2S/c19-15-7-8-16-17(10-15)21-18(20-16)22-11-12-5-6-13-3-1-2-4-14(13)9-12/h1-10H,11H2,(H,20,21). The van der Waals surface area contributed by atoms with Crippen LogP contribution >= 0.6 is 23.4 Å². The first-order chi connectivity index (χ1) is 10.8. The van der Waals surface area contributed by atoms with Crippen LogP contribution in [0.4, 0.5) is 0 Å². The highest BCUT2D eigenvalue weighted by atomic mass is 35.5. The second-order valence-electron chi connectivity index (χ2n) is 5.17. The van der Waals surface area contributed by atoms with Gasteiger partial charge in [-0.15, -0.1) is 0 Å². The van der Waals surface area contributed by atoms with Gasteiger partial charge in [0.2, 0.25) is 0 Å². The molecule has 0 aliphatic rings. The summed E-state index contributed by atoms with van der Waals surface area (Å²) in [5.41, 5.74) is 3.22. The Morgan fingerprint density at radius 2 is 1.82 bits per heavy atom. The fourth-order valence-corrected chi connectivity index (χ4v) is 3.51. The van der Waals surface area contributed by atoms with Crippen molar-refractivity contribution in [3.05, 3.63) is 71.2 Å². The molecule has 0 atom stereocenters. The van der Waals surface area contributed by atoms with Crippen molar-refractivity contribution in [1.82, 2.24) is 9.97 Å². The lowest BCUT2D eigenvalue weighted by atomic mass is 10.1. The second kappa shape index (κ2) is 5.67. The summed E-state index contributed by atoms with van der Waals surface area (Å²) in [6.45, 7) is 0. The van der Waals surface area contributed by atoms with E-state index in [0.29, 0.717) is 0 Å². The number of fused-ring (bicyclic) bond motifs is 2. The molecule has 1 aromatic heterocycles. The van der Waals surface area contributed by atoms with Crippen LogP contribution < -0.4 is 0 Å². The number of rotatable bonds is 3. The van der Waals surface area contributed by atoms with Gasteiger partial charge in [-0.05, 0) is 34.5 Å². The number of thioether (sulfide) groups is 1. The molecule has 3 aromatic carbocycles. The first-order valence-corrected chi connectivity index (χ1v) is 8.40. The van der Waals surface area contributed by atoms with Crippen LogP contribution in [0.5, 0.6) is 0 Å². The number of hydrogen-bond donors (Lipinski definition) is 1. The summed E-state index contributed by atoms with van der Waals surface area (Å²) in [5.74, 6) is 0.887. The first kappa shape index (κ1) is 13.7. The summed E-state index contributed by atoms with van der Waals surface area (Å²) in [7, 11) is 0. The third-order valence-corrected chi connectivity index (χ3v) is 4.79. The van der Waals surface area contributed by atoms with Crippen LogP contribution in [0, 0.1) is 0 Å². The van der Waals surface area contributed by atoms with Gasteiger partial charge in [0.25, 0.3) is 0 Å². The molecular formula is C18H13ClN2S. The van der Waals surface area contributed by atoms with E-state index in [4.69, 9.17) is 11.6 Å². The lowest BCUT2D eigenvalue weighted by Crippen LogP contribution is -1.82. The quantitative estimate of drug-likeness (QED) is 0.492. The van der Waals surface area contributed by atoms with Gasteiger partial charge in [-0.1, -0.05) is 65.8 Å². The van der Waals surface area contributed by atoms with Crippen LogP contribution in [-0.4, -0.2) is 9.97 Å². The van der Waals surface area contributed by atoms with E-state index in [0.717, 1.165) is 27.0 Å². The lowest BCUT2D eigenvalue weighted by Gasteiger charge is -2.02. The van der Waals surface area contributed by atoms with Crippen LogP contribution in [0.2, 0.25) is 5.02 Å². The molecule has 0 spiro atoms. The Hall–Kier alpha value is -1.97. The van der Waals surface area contributed by atoms with Crippen molar-refractivity contribution in [3.8, 4) is 0 Å². The molecule has 22 heavy (non-hydrogen) atoms. The van der Waals surface area contributed by atoms with Crippen molar-refractivity contribution >= 4 is 45.2 Å². The number of halogens is 1. The monoisotopic (exact) mass is 324 g/mol. The minimum Gasteiger partial charge on any atom is -0.333 e. The summed E-state index contributed by atoms with van der Waals surface area (Å²) >= 11 is 7.71. The molecule has 4 aromatic rings. The van der Waals surface area contributed by atoms with Gasteiger partial charge in [-0.2, -0.15) is 0 Å². The summed E-state index contributed by atoms with van der Waals surface area (Å²) in [6.07, 6.45) is 0. The Labute approximate surface area is 137 Å². The summed E-state index contributed by atoms with van der Waals surface area (Å²) in [4.78, 5) is 7.89. The maximum Gasteiger partial charge on any atom is 0.166 e. The molecule has 0 saturated heterocycles. The molecule has 0 amide bonds. The van der Waals surface area contributed by atoms with Crippen LogP contribution in [0.15, 0.2) is 65.8 Å². The second-order valence-corrected chi connectivity index (χ2v) is 6.57. The molecule has 0 saturated carbocycles. The van der Waals surface area contributed by atoms with E-state index < -0.39 is 0 Å². The third-order valence-electron chi connectivity index (χ3n) is 3.61. The molecule has 0 unspecified atom stereocenters. The Morgan fingerprint density at radius 1 is 0.955 bits per heavy atom. The maximum absolute atomic E-state index is 6.00. The van der Waals surface area contributed by atoms with Crippen molar-refractivity contribution in [1.29, 1.82) is 0 Å². The van der Waals surface area contributed by atoms with Crippen LogP contribution in [0.3, 0.4) is 0 Å². The average Bonchev–Trinajstić information content (AvgIpc) is 2.94. The zero-order valence-electron chi connectivity index (χ0n) is 11.7. The van der Waals surface area contributed by atoms with Gasteiger partial charge in [0.05, 0.1) is 11.0 Å². The third kappa shape index (κ3) is 2.70. The SMILES string of the molecule is Clc1ccc2nc(SCc3ccc4ccccc4c3)[nH]c2c1. The minimum absolute atomic E-state index is 0.724. The Morgan fingerprint density at radius 3 is 2.73 bits per heavy atom. The fraction of sp³-hybridized carbons (Fsp3) is 0.0556. The largest absolute Gasteiger partial charge is 0.333 e. The van der Waals surface area contributed by atoms with E-state index in [9.17, 15) is 0 Å². The molecule has 0 radical (unpaired) electrons. The predicted octanol–water partition coefficient (Wildman–Crippen LogP) is 5.66. The van der Waals surface area contributed by atoms with E-state index in [2.05, 4.69) is 52.4 Å². The van der Waals surface area contributed by atoms with Crippen molar-refractivity contribution in [2.45, 2.75) is 10.9 Å². The van der Waals surface area contributed by atoms with Gasteiger partial charge in [-0.25, -0.2) is 4.98 Å². The number of imidazole rings is 1. The van der Waals surface area contributed by atoms with Gasteiger partial charge in [0.15, 0.2) is 5.16 Å². The molecule has 108 valence electrons. The van der Waals surface area contributed by atoms with Crippen molar-refractivity contribution in [3.63, 3.8) is 0 Å². The average molecular weight is 325 g/mol. The fourth-order valence-electron chi connectivity index (χ4n) is 2.51. The molecule has 0 bridgehead atoms. The molecule has 2 nitrogen and oxygen atoms in total. The van der Waals surface area contributed by atoms with Gasteiger partial charge < -0.3 is 4.98 Å². The van der Waals surface area contributed by atoms with Gasteiger partial charge in [-0.3, -0.25) is 0 Å². The number of aromatic nitrogens is 2. The van der Waals surface area contributed by atoms with E-state index >= 15 is 0 Å². The Balaban J connectivity index is 1.56. The van der Waals surface area contributed by atoms with E-state index in [1.807, 2.05) is 18.2 Å². The number of nitrogens with one attached hydrogen (secondary N) is 1. The summed E-state index contributed by atoms with van der Waals surface area (Å²) in [6, 6.07) is 20.7. The maximum atomic E-state index is 6.00.